The van der Waals surface area contributed by atoms with E-state index in [1.165, 1.54) is 0 Å². The minimum atomic E-state index is -0.174. The molecule has 1 N–H and O–H groups in total. The zero-order chi connectivity index (χ0) is 16.7. The number of ether oxygens (including phenoxy) is 1. The van der Waals surface area contributed by atoms with Gasteiger partial charge in [0.05, 0.1) is 6.10 Å². The van der Waals surface area contributed by atoms with E-state index in [0.29, 0.717) is 37.9 Å². The first-order chi connectivity index (χ1) is 11.1. The standard InChI is InChI=1S/C17H22N2O4/c1-19-11-14(23-12-17(19)22)10-18-16(21)9-5-8-15(20)13-6-3-2-4-7-13/h2-4,6-7,14H,5,8-12H2,1H3,(H,18,21)/t14-/m0/s1. The minimum absolute atomic E-state index is 0.0491. The number of nitrogens with one attached hydrogen (secondary N) is 1. The van der Waals surface area contributed by atoms with Gasteiger partial charge in [0.1, 0.15) is 6.61 Å². The van der Waals surface area contributed by atoms with Crippen molar-refractivity contribution in [3.63, 3.8) is 0 Å². The highest BCUT2D eigenvalue weighted by Crippen LogP contribution is 2.07. The summed E-state index contributed by atoms with van der Waals surface area (Å²) in [6, 6.07) is 9.07. The van der Waals surface area contributed by atoms with Crippen molar-refractivity contribution >= 4 is 17.6 Å². The third kappa shape index (κ3) is 5.49. The molecule has 0 bridgehead atoms. The number of carbonyl (C=O) groups is 3. The van der Waals surface area contributed by atoms with Gasteiger partial charge in [-0.15, -0.1) is 0 Å². The fraction of sp³-hybridized carbons (Fsp3) is 0.471. The number of ketones is 1. The number of likely N-dealkylation sites (N-methyl/N-ethyl adjacent to an activating group) is 1. The highest BCUT2D eigenvalue weighted by atomic mass is 16.5. The molecule has 0 aromatic heterocycles. The molecule has 0 unspecified atom stereocenters. The van der Waals surface area contributed by atoms with Crippen LogP contribution in [0.1, 0.15) is 29.6 Å². The van der Waals surface area contributed by atoms with Crippen LogP contribution in [0.5, 0.6) is 0 Å². The molecule has 6 heteroatoms. The molecule has 1 fully saturated rings. The van der Waals surface area contributed by atoms with Crippen LogP contribution in [0.4, 0.5) is 0 Å². The Labute approximate surface area is 135 Å². The van der Waals surface area contributed by atoms with Crippen LogP contribution in [0.2, 0.25) is 0 Å². The van der Waals surface area contributed by atoms with Crippen LogP contribution >= 0.6 is 0 Å². The predicted octanol–water partition coefficient (Wildman–Crippen LogP) is 1.01. The van der Waals surface area contributed by atoms with Gasteiger partial charge in [0.25, 0.3) is 0 Å². The molecule has 1 aliphatic heterocycles. The number of nitrogens with zero attached hydrogens (tertiary/aromatic N) is 1. The molecule has 0 aliphatic carbocycles. The van der Waals surface area contributed by atoms with Crippen LogP contribution in [0.15, 0.2) is 30.3 Å². The first-order valence-electron chi connectivity index (χ1n) is 7.77. The molecule has 2 rings (SSSR count). The number of morpholine rings is 1. The summed E-state index contributed by atoms with van der Waals surface area (Å²) in [5.74, 6) is -0.102. The molecule has 6 nitrogen and oxygen atoms in total. The Balaban J connectivity index is 1.62. The third-order valence-corrected chi connectivity index (χ3v) is 3.78. The van der Waals surface area contributed by atoms with E-state index in [0.717, 1.165) is 0 Å². The molecule has 0 saturated carbocycles. The first kappa shape index (κ1) is 17.1. The summed E-state index contributed by atoms with van der Waals surface area (Å²) in [5.41, 5.74) is 0.677. The monoisotopic (exact) mass is 318 g/mol. The number of hydrogen-bond donors (Lipinski definition) is 1. The molecular formula is C17H22N2O4. The lowest BCUT2D eigenvalue weighted by molar-refractivity contribution is -0.146. The maximum Gasteiger partial charge on any atom is 0.248 e. The van der Waals surface area contributed by atoms with E-state index in [-0.39, 0.29) is 30.3 Å². The second-order valence-electron chi connectivity index (χ2n) is 5.65. The summed E-state index contributed by atoms with van der Waals surface area (Å²) in [4.78, 5) is 36.6. The van der Waals surface area contributed by atoms with E-state index in [1.54, 1.807) is 24.1 Å². The molecule has 1 heterocycles. The molecule has 1 aromatic rings. The average Bonchev–Trinajstić information content (AvgIpc) is 2.56. The van der Waals surface area contributed by atoms with Crippen LogP contribution in [-0.4, -0.2) is 55.3 Å². The quantitative estimate of drug-likeness (QED) is 0.762. The second-order valence-corrected chi connectivity index (χ2v) is 5.65. The lowest BCUT2D eigenvalue weighted by Crippen LogP contribution is -2.48. The minimum Gasteiger partial charge on any atom is -0.365 e. The summed E-state index contributed by atoms with van der Waals surface area (Å²) in [7, 11) is 1.72. The van der Waals surface area contributed by atoms with Gasteiger partial charge in [-0.1, -0.05) is 30.3 Å². The largest absolute Gasteiger partial charge is 0.365 e. The summed E-state index contributed by atoms with van der Waals surface area (Å²) >= 11 is 0. The fourth-order valence-electron chi connectivity index (χ4n) is 2.38. The van der Waals surface area contributed by atoms with Crippen LogP contribution in [0, 0.1) is 0 Å². The number of hydrogen-bond acceptors (Lipinski definition) is 4. The summed E-state index contributed by atoms with van der Waals surface area (Å²) in [6.45, 7) is 0.914. The number of amides is 2. The molecule has 0 radical (unpaired) electrons. The van der Waals surface area contributed by atoms with Gasteiger partial charge in [-0.05, 0) is 6.42 Å². The Bertz CT molecular complexity index is 559. The van der Waals surface area contributed by atoms with Gasteiger partial charge in [0, 0.05) is 38.5 Å². The molecule has 1 aliphatic rings. The zero-order valence-corrected chi connectivity index (χ0v) is 13.3. The number of rotatable bonds is 7. The van der Waals surface area contributed by atoms with E-state index in [2.05, 4.69) is 5.32 Å². The van der Waals surface area contributed by atoms with E-state index in [1.807, 2.05) is 18.2 Å². The molecule has 2 amide bonds. The highest BCUT2D eigenvalue weighted by Gasteiger charge is 2.23. The lowest BCUT2D eigenvalue weighted by Gasteiger charge is -2.29. The van der Waals surface area contributed by atoms with Gasteiger partial charge in [-0.3, -0.25) is 14.4 Å². The third-order valence-electron chi connectivity index (χ3n) is 3.78. The second kappa shape index (κ2) is 8.43. The van der Waals surface area contributed by atoms with Gasteiger partial charge in [0.2, 0.25) is 11.8 Å². The van der Waals surface area contributed by atoms with Crippen molar-refractivity contribution in [2.45, 2.75) is 25.4 Å². The SMILES string of the molecule is CN1C[C@H](CNC(=O)CCCC(=O)c2ccccc2)OCC1=O. The van der Waals surface area contributed by atoms with Crippen molar-refractivity contribution in [3.8, 4) is 0 Å². The van der Waals surface area contributed by atoms with Gasteiger partial charge in [-0.2, -0.15) is 0 Å². The Morgan fingerprint density at radius 3 is 2.70 bits per heavy atom. The first-order valence-corrected chi connectivity index (χ1v) is 7.77. The van der Waals surface area contributed by atoms with Crippen molar-refractivity contribution in [1.29, 1.82) is 0 Å². The van der Waals surface area contributed by atoms with Crippen molar-refractivity contribution in [3.05, 3.63) is 35.9 Å². The predicted molar refractivity (Wildman–Crippen MR) is 85.0 cm³/mol. The van der Waals surface area contributed by atoms with Crippen molar-refractivity contribution in [2.24, 2.45) is 0 Å². The maximum atomic E-state index is 11.9. The van der Waals surface area contributed by atoms with E-state index in [4.69, 9.17) is 4.74 Å². The maximum absolute atomic E-state index is 11.9. The van der Waals surface area contributed by atoms with Crippen LogP contribution < -0.4 is 5.32 Å². The summed E-state index contributed by atoms with van der Waals surface area (Å²) in [5, 5.41) is 2.79. The molecule has 0 spiro atoms. The Kier molecular flexibility index (Phi) is 6.29. The topological polar surface area (TPSA) is 75.7 Å². The normalized spacial score (nSPS) is 17.9. The summed E-state index contributed by atoms with van der Waals surface area (Å²) in [6.07, 6.45) is 1.01. The molecular weight excluding hydrogens is 296 g/mol. The van der Waals surface area contributed by atoms with Gasteiger partial charge >= 0.3 is 0 Å². The van der Waals surface area contributed by atoms with Crippen LogP contribution in [0.25, 0.3) is 0 Å². The van der Waals surface area contributed by atoms with Crippen molar-refractivity contribution in [2.75, 3.05) is 26.7 Å². The van der Waals surface area contributed by atoms with Crippen LogP contribution in [-0.2, 0) is 14.3 Å². The van der Waals surface area contributed by atoms with E-state index in [9.17, 15) is 14.4 Å². The molecule has 23 heavy (non-hydrogen) atoms. The van der Waals surface area contributed by atoms with Gasteiger partial charge in [-0.25, -0.2) is 0 Å². The molecule has 1 aromatic carbocycles. The lowest BCUT2D eigenvalue weighted by atomic mass is 10.1. The molecule has 1 saturated heterocycles. The molecule has 124 valence electrons. The van der Waals surface area contributed by atoms with Crippen LogP contribution in [0.3, 0.4) is 0 Å². The Hall–Kier alpha value is -2.21. The van der Waals surface area contributed by atoms with E-state index >= 15 is 0 Å². The smallest absolute Gasteiger partial charge is 0.248 e. The van der Waals surface area contributed by atoms with Gasteiger partial charge in [0.15, 0.2) is 5.78 Å². The summed E-state index contributed by atoms with van der Waals surface area (Å²) < 4.78 is 5.35. The molecule has 1 atom stereocenters. The average molecular weight is 318 g/mol. The zero-order valence-electron chi connectivity index (χ0n) is 13.3. The fourth-order valence-corrected chi connectivity index (χ4v) is 2.38. The number of carbonyl (C=O) groups excluding carboxylic acids is 3. The highest BCUT2D eigenvalue weighted by molar-refractivity contribution is 5.96. The van der Waals surface area contributed by atoms with Gasteiger partial charge < -0.3 is 15.0 Å². The number of Topliss-reactive ketones (excluding diaryl/α,β-unsaturated/α-hetero) is 1. The van der Waals surface area contributed by atoms with E-state index < -0.39 is 0 Å². The Morgan fingerprint density at radius 1 is 1.26 bits per heavy atom. The van der Waals surface area contributed by atoms with Crippen molar-refractivity contribution < 1.29 is 19.1 Å². The van der Waals surface area contributed by atoms with Crippen molar-refractivity contribution in [1.82, 2.24) is 10.2 Å². The number of benzene rings is 1. The Morgan fingerprint density at radius 2 is 2.00 bits per heavy atom.